The molecule has 0 spiro atoms. The molecule has 1 aromatic heterocycles. The van der Waals surface area contributed by atoms with E-state index in [1.165, 1.54) is 12.8 Å². The number of nitrogens with one attached hydrogen (secondary N) is 2. The minimum absolute atomic E-state index is 0.419. The molecular formula is C11H20N4. The van der Waals surface area contributed by atoms with Crippen molar-refractivity contribution in [3.63, 3.8) is 0 Å². The smallest absolute Gasteiger partial charge is 0.147 e. The number of aromatic nitrogens is 2. The second-order valence-electron chi connectivity index (χ2n) is 4.79. The van der Waals surface area contributed by atoms with Crippen LogP contribution in [-0.4, -0.2) is 29.4 Å². The Hall–Kier alpha value is -1.03. The van der Waals surface area contributed by atoms with Crippen LogP contribution in [0.2, 0.25) is 0 Å². The zero-order valence-electron chi connectivity index (χ0n) is 9.58. The quantitative estimate of drug-likeness (QED) is 0.785. The maximum Gasteiger partial charge on any atom is 0.147 e. The van der Waals surface area contributed by atoms with Crippen molar-refractivity contribution in [3.8, 4) is 0 Å². The Labute approximate surface area is 91.1 Å². The lowest BCUT2D eigenvalue weighted by Gasteiger charge is -2.34. The third-order valence-electron chi connectivity index (χ3n) is 3.22. The third kappa shape index (κ3) is 2.72. The molecule has 0 unspecified atom stereocenters. The molecule has 0 aliphatic carbocycles. The van der Waals surface area contributed by atoms with E-state index >= 15 is 0 Å². The van der Waals surface area contributed by atoms with Crippen LogP contribution in [0.15, 0.2) is 12.3 Å². The molecule has 1 saturated heterocycles. The summed E-state index contributed by atoms with van der Waals surface area (Å²) in [6.45, 7) is 5.65. The molecule has 1 aromatic rings. The van der Waals surface area contributed by atoms with Crippen LogP contribution in [0.1, 0.15) is 19.8 Å². The summed E-state index contributed by atoms with van der Waals surface area (Å²) in [6, 6.07) is 2.02. The lowest BCUT2D eigenvalue weighted by Crippen LogP contribution is -2.39. The van der Waals surface area contributed by atoms with E-state index in [1.54, 1.807) is 0 Å². The molecule has 84 valence electrons. The van der Waals surface area contributed by atoms with Crippen molar-refractivity contribution in [1.29, 1.82) is 0 Å². The molecule has 2 N–H and O–H groups in total. The topological polar surface area (TPSA) is 41.9 Å². The van der Waals surface area contributed by atoms with Gasteiger partial charge in [-0.2, -0.15) is 5.10 Å². The average molecular weight is 208 g/mol. The number of nitrogens with zero attached hydrogens (tertiary/aromatic N) is 2. The summed E-state index contributed by atoms with van der Waals surface area (Å²) >= 11 is 0. The van der Waals surface area contributed by atoms with Crippen molar-refractivity contribution in [2.45, 2.75) is 19.8 Å². The summed E-state index contributed by atoms with van der Waals surface area (Å²) in [5.74, 6) is 0.984. The van der Waals surface area contributed by atoms with Crippen molar-refractivity contribution < 1.29 is 0 Å². The number of hydrogen-bond acceptors (Lipinski definition) is 3. The molecule has 1 aliphatic rings. The fourth-order valence-corrected chi connectivity index (χ4v) is 2.02. The maximum atomic E-state index is 4.32. The highest BCUT2D eigenvalue weighted by Crippen LogP contribution is 2.27. The fourth-order valence-electron chi connectivity index (χ4n) is 2.02. The van der Waals surface area contributed by atoms with Gasteiger partial charge in [-0.1, -0.05) is 6.92 Å². The summed E-state index contributed by atoms with van der Waals surface area (Å²) in [5.41, 5.74) is 0.419. The van der Waals surface area contributed by atoms with Gasteiger partial charge in [-0.15, -0.1) is 0 Å². The zero-order valence-corrected chi connectivity index (χ0v) is 9.58. The van der Waals surface area contributed by atoms with Gasteiger partial charge in [0.1, 0.15) is 5.82 Å². The number of hydrogen-bond donors (Lipinski definition) is 2. The van der Waals surface area contributed by atoms with Crippen LogP contribution in [0.25, 0.3) is 0 Å². The number of anilines is 1. The molecule has 0 saturated carbocycles. The molecule has 2 rings (SSSR count). The Balaban J connectivity index is 1.86. The van der Waals surface area contributed by atoms with E-state index in [1.807, 2.05) is 24.0 Å². The van der Waals surface area contributed by atoms with E-state index in [0.717, 1.165) is 25.5 Å². The summed E-state index contributed by atoms with van der Waals surface area (Å²) < 4.78 is 1.83. The van der Waals surface area contributed by atoms with E-state index in [-0.39, 0.29) is 0 Å². The summed E-state index contributed by atoms with van der Waals surface area (Å²) in [4.78, 5) is 0. The molecule has 15 heavy (non-hydrogen) atoms. The summed E-state index contributed by atoms with van der Waals surface area (Å²) in [7, 11) is 1.94. The van der Waals surface area contributed by atoms with Gasteiger partial charge in [0.15, 0.2) is 0 Å². The molecule has 1 fully saturated rings. The zero-order chi connectivity index (χ0) is 10.7. The standard InChI is InChI=1S/C11H20N4/c1-11(4-6-12-7-5-11)9-13-10-3-8-15(2)14-10/h3,8,12H,4-7,9H2,1-2H3,(H,13,14). The highest BCUT2D eigenvalue weighted by molar-refractivity contribution is 5.32. The monoisotopic (exact) mass is 208 g/mol. The Morgan fingerprint density at radius 2 is 2.27 bits per heavy atom. The number of aryl methyl sites for hydroxylation is 1. The van der Waals surface area contributed by atoms with Crippen LogP contribution in [-0.2, 0) is 7.05 Å². The minimum Gasteiger partial charge on any atom is -0.368 e. The van der Waals surface area contributed by atoms with Gasteiger partial charge in [0.2, 0.25) is 0 Å². The maximum absolute atomic E-state index is 4.32. The highest BCUT2D eigenvalue weighted by atomic mass is 15.3. The molecule has 0 bridgehead atoms. The van der Waals surface area contributed by atoms with Crippen LogP contribution in [0.5, 0.6) is 0 Å². The van der Waals surface area contributed by atoms with E-state index in [2.05, 4.69) is 22.7 Å². The van der Waals surface area contributed by atoms with Crippen molar-refractivity contribution in [2.75, 3.05) is 25.0 Å². The van der Waals surface area contributed by atoms with E-state index in [0.29, 0.717) is 5.41 Å². The molecule has 0 amide bonds. The Morgan fingerprint density at radius 3 is 2.87 bits per heavy atom. The van der Waals surface area contributed by atoms with Gasteiger partial charge in [0.05, 0.1) is 0 Å². The van der Waals surface area contributed by atoms with Gasteiger partial charge in [-0.25, -0.2) is 0 Å². The van der Waals surface area contributed by atoms with Crippen LogP contribution in [0.3, 0.4) is 0 Å². The molecule has 4 nitrogen and oxygen atoms in total. The second kappa shape index (κ2) is 4.23. The fraction of sp³-hybridized carbons (Fsp3) is 0.727. The van der Waals surface area contributed by atoms with E-state index in [9.17, 15) is 0 Å². The van der Waals surface area contributed by atoms with Crippen LogP contribution in [0.4, 0.5) is 5.82 Å². The Kier molecular flexibility index (Phi) is 2.95. The first-order valence-electron chi connectivity index (χ1n) is 5.62. The first-order valence-corrected chi connectivity index (χ1v) is 5.62. The van der Waals surface area contributed by atoms with Crippen molar-refractivity contribution >= 4 is 5.82 Å². The second-order valence-corrected chi connectivity index (χ2v) is 4.79. The Morgan fingerprint density at radius 1 is 1.53 bits per heavy atom. The first kappa shape index (κ1) is 10.5. The molecule has 4 heteroatoms. The highest BCUT2D eigenvalue weighted by Gasteiger charge is 2.26. The Bertz CT molecular complexity index is 312. The number of rotatable bonds is 3. The lowest BCUT2D eigenvalue weighted by atomic mass is 9.81. The lowest BCUT2D eigenvalue weighted by molar-refractivity contribution is 0.247. The molecule has 1 aliphatic heterocycles. The summed E-state index contributed by atoms with van der Waals surface area (Å²) in [5, 5.41) is 11.1. The van der Waals surface area contributed by atoms with E-state index in [4.69, 9.17) is 0 Å². The van der Waals surface area contributed by atoms with Crippen LogP contribution in [0, 0.1) is 5.41 Å². The van der Waals surface area contributed by atoms with Crippen LogP contribution < -0.4 is 10.6 Å². The van der Waals surface area contributed by atoms with Gasteiger partial charge in [0.25, 0.3) is 0 Å². The first-order chi connectivity index (χ1) is 7.18. The van der Waals surface area contributed by atoms with Gasteiger partial charge >= 0.3 is 0 Å². The average Bonchev–Trinajstić information content (AvgIpc) is 2.63. The number of piperidine rings is 1. The van der Waals surface area contributed by atoms with E-state index < -0.39 is 0 Å². The minimum atomic E-state index is 0.419. The van der Waals surface area contributed by atoms with Gasteiger partial charge < -0.3 is 10.6 Å². The van der Waals surface area contributed by atoms with Gasteiger partial charge in [-0.05, 0) is 31.3 Å². The predicted molar refractivity (Wildman–Crippen MR) is 61.9 cm³/mol. The van der Waals surface area contributed by atoms with Crippen molar-refractivity contribution in [2.24, 2.45) is 12.5 Å². The molecular weight excluding hydrogens is 188 g/mol. The molecule has 0 aromatic carbocycles. The molecule has 0 atom stereocenters. The normalized spacial score (nSPS) is 20.1. The third-order valence-corrected chi connectivity index (χ3v) is 3.22. The van der Waals surface area contributed by atoms with Crippen molar-refractivity contribution in [1.82, 2.24) is 15.1 Å². The largest absolute Gasteiger partial charge is 0.368 e. The molecule has 0 radical (unpaired) electrons. The SMILES string of the molecule is Cn1ccc(NCC2(C)CCNCC2)n1. The molecule has 2 heterocycles. The van der Waals surface area contributed by atoms with Gasteiger partial charge in [0, 0.05) is 25.9 Å². The van der Waals surface area contributed by atoms with Crippen LogP contribution >= 0.6 is 0 Å². The summed E-state index contributed by atoms with van der Waals surface area (Å²) in [6.07, 6.45) is 4.45. The predicted octanol–water partition coefficient (Wildman–Crippen LogP) is 1.22. The van der Waals surface area contributed by atoms with Crippen molar-refractivity contribution in [3.05, 3.63) is 12.3 Å². The van der Waals surface area contributed by atoms with Gasteiger partial charge in [-0.3, -0.25) is 4.68 Å².